The number of fused-ring (bicyclic) bond motifs is 10. The van der Waals surface area contributed by atoms with Crippen LogP contribution in [-0.2, 0) is 43.3 Å². The Kier molecular flexibility index (Phi) is 14.2. The Hall–Kier alpha value is -8.28. The average molecular weight is 1250 g/mol. The summed E-state index contributed by atoms with van der Waals surface area (Å²) >= 11 is 0. The van der Waals surface area contributed by atoms with Crippen molar-refractivity contribution in [2.45, 2.75) is 209 Å². The molecule has 0 aliphatic carbocycles. The van der Waals surface area contributed by atoms with Crippen LogP contribution in [0.5, 0.6) is 0 Å². The standard InChI is InChI=1S/C90H99BN4/c1-83(2,3)57-39-54(40-58(45-57)84(4,5)6)63-35-37-67-80-75(63)77-65(89(19,20)21)47-61(87(13,14)15)49-71(77)94(80)73-43-56(70-51-69(52-31-27-25-28-32-52)92-82(93-70)53-33-29-26-30-34-53)44-74-79(73)91(67)68-38-36-64(55-41-59(85(7,8)9)46-60(42-55)86(10,11)12)76-78-66(90(22,23)24)48-62(88(16,17)18)50-72(78)95(74)81(68)76/h25-51H,1-24H3. The molecule has 5 heteroatoms. The highest BCUT2D eigenvalue weighted by atomic mass is 15.0. The van der Waals surface area contributed by atoms with Crippen LogP contribution in [0.15, 0.2) is 164 Å². The van der Waals surface area contributed by atoms with Crippen LogP contribution in [0.4, 0.5) is 0 Å². The van der Waals surface area contributed by atoms with E-state index in [2.05, 4.69) is 339 Å². The fourth-order valence-electron chi connectivity index (χ4n) is 15.4. The maximum Gasteiger partial charge on any atom is 0.252 e. The minimum atomic E-state index is -0.221. The fraction of sp³-hybridized carbons (Fsp3) is 0.356. The molecule has 5 heterocycles. The van der Waals surface area contributed by atoms with Gasteiger partial charge < -0.3 is 9.13 Å². The molecule has 0 bridgehead atoms. The first-order chi connectivity index (χ1) is 44.2. The Bertz CT molecular complexity index is 4780. The molecule has 482 valence electrons. The van der Waals surface area contributed by atoms with Crippen LogP contribution in [0.25, 0.3) is 111 Å². The highest BCUT2D eigenvalue weighted by molar-refractivity contribution is 7.00. The zero-order chi connectivity index (χ0) is 68.1. The van der Waals surface area contributed by atoms with E-state index in [0.717, 1.165) is 28.1 Å². The predicted octanol–water partition coefficient (Wildman–Crippen LogP) is 22.5. The molecule has 9 aromatic carbocycles. The van der Waals surface area contributed by atoms with Gasteiger partial charge in [0.05, 0.1) is 33.5 Å². The molecular weight excluding hydrogens is 1150 g/mol. The molecular formula is C90H99BN4. The number of nitrogens with zero attached hydrogens (tertiary/aromatic N) is 4. The number of aromatic nitrogens is 4. The maximum absolute atomic E-state index is 5.72. The van der Waals surface area contributed by atoms with Crippen LogP contribution in [0.3, 0.4) is 0 Å². The predicted molar refractivity (Wildman–Crippen MR) is 412 cm³/mol. The molecule has 0 radical (unpaired) electrons. The summed E-state index contributed by atoms with van der Waals surface area (Å²) in [6.45, 7) is 57.2. The lowest BCUT2D eigenvalue weighted by atomic mass is 9.34. The van der Waals surface area contributed by atoms with Gasteiger partial charge in [-0.15, -0.1) is 0 Å². The van der Waals surface area contributed by atoms with Gasteiger partial charge in [-0.3, -0.25) is 0 Å². The number of rotatable bonds is 5. The lowest BCUT2D eigenvalue weighted by Crippen LogP contribution is -2.59. The van der Waals surface area contributed by atoms with E-state index in [1.807, 2.05) is 0 Å². The minimum Gasteiger partial charge on any atom is -0.310 e. The molecule has 14 rings (SSSR count). The quantitative estimate of drug-likeness (QED) is 0.161. The van der Waals surface area contributed by atoms with Crippen LogP contribution in [0, 0.1) is 0 Å². The third kappa shape index (κ3) is 10.6. The molecule has 0 saturated carbocycles. The normalized spacial score (nSPS) is 13.9. The van der Waals surface area contributed by atoms with Gasteiger partial charge in [-0.2, -0.15) is 0 Å². The van der Waals surface area contributed by atoms with Crippen LogP contribution in [0.2, 0.25) is 0 Å². The Balaban J connectivity index is 1.24. The summed E-state index contributed by atoms with van der Waals surface area (Å²) in [7, 11) is 0. The van der Waals surface area contributed by atoms with E-state index >= 15 is 0 Å². The Morgan fingerprint density at radius 2 is 0.621 bits per heavy atom. The van der Waals surface area contributed by atoms with Crippen LogP contribution < -0.4 is 16.4 Å². The van der Waals surface area contributed by atoms with Gasteiger partial charge in [0.2, 0.25) is 0 Å². The molecule has 0 spiro atoms. The summed E-state index contributed by atoms with van der Waals surface area (Å²) < 4.78 is 5.50. The highest BCUT2D eigenvalue weighted by Gasteiger charge is 2.44. The van der Waals surface area contributed by atoms with Gasteiger partial charge in [0.15, 0.2) is 5.82 Å². The number of hydrogen-bond acceptors (Lipinski definition) is 2. The van der Waals surface area contributed by atoms with E-state index < -0.39 is 0 Å². The van der Waals surface area contributed by atoms with Gasteiger partial charge in [-0.25, -0.2) is 9.97 Å². The monoisotopic (exact) mass is 1250 g/mol. The van der Waals surface area contributed by atoms with Crippen molar-refractivity contribution in [1.29, 1.82) is 0 Å². The lowest BCUT2D eigenvalue weighted by Gasteiger charge is -2.35. The molecule has 12 aromatic rings. The summed E-state index contributed by atoms with van der Waals surface area (Å²) in [5, 5.41) is 5.31. The third-order valence-corrected chi connectivity index (χ3v) is 21.0. The molecule has 4 nitrogen and oxygen atoms in total. The van der Waals surface area contributed by atoms with Crippen LogP contribution in [0.1, 0.15) is 211 Å². The molecule has 2 aliphatic heterocycles. The zero-order valence-electron chi connectivity index (χ0n) is 61.5. The molecule has 0 unspecified atom stereocenters. The van der Waals surface area contributed by atoms with Gasteiger partial charge in [0.25, 0.3) is 6.71 Å². The van der Waals surface area contributed by atoms with Gasteiger partial charge in [0.1, 0.15) is 0 Å². The van der Waals surface area contributed by atoms with Crippen molar-refractivity contribution in [2.24, 2.45) is 0 Å². The second-order valence-electron chi connectivity index (χ2n) is 36.5. The summed E-state index contributed by atoms with van der Waals surface area (Å²) in [6.07, 6.45) is 0. The van der Waals surface area contributed by atoms with Crippen LogP contribution in [-0.4, -0.2) is 25.8 Å². The molecule has 0 N–H and O–H groups in total. The van der Waals surface area contributed by atoms with Crippen molar-refractivity contribution >= 4 is 66.7 Å². The summed E-state index contributed by atoms with van der Waals surface area (Å²) in [5.74, 6) is 0.701. The van der Waals surface area contributed by atoms with Gasteiger partial charge in [-0.1, -0.05) is 300 Å². The number of benzene rings is 9. The fourth-order valence-corrected chi connectivity index (χ4v) is 15.4. The summed E-state index contributed by atoms with van der Waals surface area (Å²) in [6, 6.07) is 64.1. The second kappa shape index (κ2) is 21.1. The Labute approximate surface area is 567 Å². The molecule has 0 saturated heterocycles. The van der Waals surface area contributed by atoms with Crippen molar-refractivity contribution in [1.82, 2.24) is 19.1 Å². The molecule has 3 aromatic heterocycles. The van der Waals surface area contributed by atoms with Gasteiger partial charge in [-0.05, 0) is 157 Å². The van der Waals surface area contributed by atoms with Crippen molar-refractivity contribution in [3.63, 3.8) is 0 Å². The molecule has 2 aliphatic rings. The smallest absolute Gasteiger partial charge is 0.252 e. The highest BCUT2D eigenvalue weighted by Crippen LogP contribution is 2.51. The van der Waals surface area contributed by atoms with Crippen molar-refractivity contribution in [2.75, 3.05) is 0 Å². The zero-order valence-corrected chi connectivity index (χ0v) is 61.5. The maximum atomic E-state index is 5.72. The molecule has 95 heavy (non-hydrogen) atoms. The van der Waals surface area contributed by atoms with Crippen molar-refractivity contribution in [3.05, 3.63) is 208 Å². The topological polar surface area (TPSA) is 35.6 Å². The Morgan fingerprint density at radius 3 is 0.968 bits per heavy atom. The summed E-state index contributed by atoms with van der Waals surface area (Å²) in [4.78, 5) is 11.1. The third-order valence-electron chi connectivity index (χ3n) is 21.0. The summed E-state index contributed by atoms with van der Waals surface area (Å²) in [5.41, 5.74) is 31.1. The first kappa shape index (κ1) is 64.1. The van der Waals surface area contributed by atoms with Gasteiger partial charge >= 0.3 is 0 Å². The van der Waals surface area contributed by atoms with E-state index in [4.69, 9.17) is 9.97 Å². The van der Waals surface area contributed by atoms with Crippen LogP contribution >= 0.6 is 0 Å². The van der Waals surface area contributed by atoms with E-state index in [1.165, 1.54) is 138 Å². The lowest BCUT2D eigenvalue weighted by molar-refractivity contribution is 0.568. The van der Waals surface area contributed by atoms with Crippen molar-refractivity contribution < 1.29 is 0 Å². The SMILES string of the molecule is CC(C)(C)c1cc(-c2ccc3c4c2c2c(C(C)(C)C)cc(C(C)(C)C)cc2n4-c2cc(-c4cc(-c5ccccc5)nc(-c5ccccc5)n4)cc4c2B3c2ccc(-c3cc(C(C)(C)C)cc(C(C)(C)C)c3)c3c5c(C(C)(C)C)cc(C(C)(C)C)cc5n-4c23)cc(C(C)(C)C)c1. The Morgan fingerprint density at radius 1 is 0.284 bits per heavy atom. The largest absolute Gasteiger partial charge is 0.310 e. The molecule has 0 fully saturated rings. The van der Waals surface area contributed by atoms with Gasteiger partial charge in [0, 0.05) is 49.6 Å². The first-order valence-corrected chi connectivity index (χ1v) is 35.0. The minimum absolute atomic E-state index is 0.0822. The van der Waals surface area contributed by atoms with E-state index in [1.54, 1.807) is 0 Å². The number of hydrogen-bond donors (Lipinski definition) is 0. The van der Waals surface area contributed by atoms with E-state index in [9.17, 15) is 0 Å². The van der Waals surface area contributed by atoms with E-state index in [-0.39, 0.29) is 50.0 Å². The van der Waals surface area contributed by atoms with E-state index in [0.29, 0.717) is 5.82 Å². The first-order valence-electron chi connectivity index (χ1n) is 35.0. The molecule has 0 atom stereocenters. The average Bonchev–Trinajstić information content (AvgIpc) is 1.53. The second-order valence-corrected chi connectivity index (χ2v) is 36.5. The van der Waals surface area contributed by atoms with Crippen molar-refractivity contribution in [3.8, 4) is 67.5 Å². The molecule has 0 amide bonds.